The zero-order chi connectivity index (χ0) is 31.8. The first kappa shape index (κ1) is 30.6. The lowest BCUT2D eigenvalue weighted by molar-refractivity contribution is -0.153. The van der Waals surface area contributed by atoms with Gasteiger partial charge in [0.05, 0.1) is 0 Å². The average molecular weight is 617 g/mol. The van der Waals surface area contributed by atoms with E-state index in [1.165, 1.54) is 5.56 Å². The van der Waals surface area contributed by atoms with E-state index >= 15 is 0 Å². The van der Waals surface area contributed by atoms with Gasteiger partial charge < -0.3 is 24.2 Å². The SMILES string of the molecule is CC(Cc1ccc(Oc2cc(N3CCN(Cc4ccccc4)CC3)nc(Oc3ccccc3)n2)cc1)(Oc1ccccc1)C(=O)O. The summed E-state index contributed by atoms with van der Waals surface area (Å²) in [6, 6.07) is 38.1. The molecule has 1 aliphatic heterocycles. The molecule has 1 atom stereocenters. The van der Waals surface area contributed by atoms with Crippen LogP contribution in [0, 0.1) is 0 Å². The van der Waals surface area contributed by atoms with E-state index in [2.05, 4.69) is 39.0 Å². The van der Waals surface area contributed by atoms with Crippen LogP contribution in [0.3, 0.4) is 0 Å². The Morgan fingerprint density at radius 1 is 0.717 bits per heavy atom. The lowest BCUT2D eigenvalue weighted by Crippen LogP contribution is -2.46. The number of piperazine rings is 1. The number of hydrogen-bond acceptors (Lipinski definition) is 8. The fourth-order valence-electron chi connectivity index (χ4n) is 5.31. The minimum atomic E-state index is -1.44. The second-order valence-electron chi connectivity index (χ2n) is 11.4. The maximum atomic E-state index is 12.2. The zero-order valence-corrected chi connectivity index (χ0v) is 25.7. The number of anilines is 1. The van der Waals surface area contributed by atoms with Gasteiger partial charge in [-0.1, -0.05) is 78.9 Å². The van der Waals surface area contributed by atoms with E-state index in [1.54, 1.807) is 31.2 Å². The highest BCUT2D eigenvalue weighted by Gasteiger charge is 2.36. The third kappa shape index (κ3) is 7.99. The second-order valence-corrected chi connectivity index (χ2v) is 11.4. The van der Waals surface area contributed by atoms with Crippen LogP contribution < -0.4 is 19.1 Å². The van der Waals surface area contributed by atoms with E-state index in [4.69, 9.17) is 19.2 Å². The molecule has 1 aliphatic rings. The third-order valence-electron chi connectivity index (χ3n) is 7.79. The van der Waals surface area contributed by atoms with Gasteiger partial charge in [-0.05, 0) is 54.4 Å². The molecular formula is C37H36N4O5. The maximum absolute atomic E-state index is 12.2. The van der Waals surface area contributed by atoms with Gasteiger partial charge in [0, 0.05) is 45.2 Å². The molecule has 0 bridgehead atoms. The van der Waals surface area contributed by atoms with Crippen LogP contribution in [-0.2, 0) is 17.8 Å². The number of aromatic nitrogens is 2. The molecule has 1 saturated heterocycles. The third-order valence-corrected chi connectivity index (χ3v) is 7.79. The van der Waals surface area contributed by atoms with Crippen LogP contribution in [0.15, 0.2) is 121 Å². The molecule has 0 radical (unpaired) electrons. The number of para-hydroxylation sites is 2. The number of hydrogen-bond donors (Lipinski definition) is 1. The van der Waals surface area contributed by atoms with Gasteiger partial charge in [-0.3, -0.25) is 4.90 Å². The molecule has 2 heterocycles. The first-order valence-electron chi connectivity index (χ1n) is 15.3. The van der Waals surface area contributed by atoms with E-state index < -0.39 is 11.6 Å². The number of ether oxygens (including phenoxy) is 3. The number of carbonyl (C=O) groups is 1. The molecule has 9 heteroatoms. The molecule has 9 nitrogen and oxygen atoms in total. The summed E-state index contributed by atoms with van der Waals surface area (Å²) in [7, 11) is 0. The molecule has 0 saturated carbocycles. The lowest BCUT2D eigenvalue weighted by Gasteiger charge is -2.35. The molecule has 5 aromatic rings. The Balaban J connectivity index is 1.17. The van der Waals surface area contributed by atoms with Crippen LogP contribution in [-0.4, -0.2) is 57.7 Å². The highest BCUT2D eigenvalue weighted by molar-refractivity contribution is 5.78. The first-order valence-corrected chi connectivity index (χ1v) is 15.3. The van der Waals surface area contributed by atoms with Crippen LogP contribution in [0.1, 0.15) is 18.1 Å². The molecule has 1 aromatic heterocycles. The Hall–Kier alpha value is -5.41. The molecule has 234 valence electrons. The maximum Gasteiger partial charge on any atom is 0.348 e. The summed E-state index contributed by atoms with van der Waals surface area (Å²) in [6.07, 6.45) is 0.167. The van der Waals surface area contributed by atoms with Crippen molar-refractivity contribution in [1.82, 2.24) is 14.9 Å². The summed E-state index contributed by atoms with van der Waals surface area (Å²) in [6.45, 7) is 5.88. The van der Waals surface area contributed by atoms with Gasteiger partial charge in [-0.2, -0.15) is 9.97 Å². The summed E-state index contributed by atoms with van der Waals surface area (Å²) < 4.78 is 18.1. The van der Waals surface area contributed by atoms with Gasteiger partial charge in [-0.25, -0.2) is 4.79 Å². The van der Waals surface area contributed by atoms with Crippen molar-refractivity contribution in [2.24, 2.45) is 0 Å². The predicted molar refractivity (Wildman–Crippen MR) is 176 cm³/mol. The molecule has 1 N–H and O–H groups in total. The topological polar surface area (TPSA) is 97.3 Å². The summed E-state index contributed by atoms with van der Waals surface area (Å²) >= 11 is 0. The van der Waals surface area contributed by atoms with Crippen molar-refractivity contribution in [1.29, 1.82) is 0 Å². The Kier molecular flexibility index (Phi) is 9.40. The van der Waals surface area contributed by atoms with Crippen molar-refractivity contribution in [3.8, 4) is 29.1 Å². The van der Waals surface area contributed by atoms with E-state index in [0.717, 1.165) is 44.1 Å². The molecule has 4 aromatic carbocycles. The number of rotatable bonds is 12. The quantitative estimate of drug-likeness (QED) is 0.161. The van der Waals surface area contributed by atoms with Crippen LogP contribution in [0.4, 0.5) is 5.82 Å². The summed E-state index contributed by atoms with van der Waals surface area (Å²) in [5, 5.41) is 9.97. The summed E-state index contributed by atoms with van der Waals surface area (Å²) in [5.41, 5.74) is 0.646. The largest absolute Gasteiger partial charge is 0.478 e. The second kappa shape index (κ2) is 14.1. The first-order chi connectivity index (χ1) is 22.4. The highest BCUT2D eigenvalue weighted by atomic mass is 16.5. The van der Waals surface area contributed by atoms with Crippen molar-refractivity contribution in [2.75, 3.05) is 31.1 Å². The van der Waals surface area contributed by atoms with Crippen molar-refractivity contribution in [3.63, 3.8) is 0 Å². The number of aliphatic carboxylic acids is 1. The Bertz CT molecular complexity index is 1710. The van der Waals surface area contributed by atoms with Gasteiger partial charge in [-0.15, -0.1) is 0 Å². The fraction of sp³-hybridized carbons (Fsp3) is 0.216. The number of carboxylic acid groups (broad SMARTS) is 1. The van der Waals surface area contributed by atoms with Crippen LogP contribution in [0.25, 0.3) is 0 Å². The van der Waals surface area contributed by atoms with Crippen LogP contribution in [0.2, 0.25) is 0 Å². The lowest BCUT2D eigenvalue weighted by atomic mass is 9.96. The van der Waals surface area contributed by atoms with E-state index in [9.17, 15) is 9.90 Å². The van der Waals surface area contributed by atoms with Gasteiger partial charge in [0.25, 0.3) is 0 Å². The molecule has 0 amide bonds. The standard InChI is InChI=1S/C37H36N4O5/c1-37(35(42)43,46-32-15-9-4-10-16-32)26-28-17-19-31(20-18-28)44-34-25-33(38-36(39-34)45-30-13-7-3-8-14-30)41-23-21-40(22-24-41)27-29-11-5-2-6-12-29/h2-20,25H,21-24,26-27H2,1H3,(H,42,43). The Labute approximate surface area is 268 Å². The van der Waals surface area contributed by atoms with Crippen LogP contribution in [0.5, 0.6) is 29.1 Å². The fourth-order valence-corrected chi connectivity index (χ4v) is 5.31. The normalized spacial score (nSPS) is 14.7. The average Bonchev–Trinajstić information content (AvgIpc) is 3.07. The summed E-state index contributed by atoms with van der Waals surface area (Å²) in [5.74, 6) is 1.70. The highest BCUT2D eigenvalue weighted by Crippen LogP contribution is 2.30. The Morgan fingerprint density at radius 2 is 1.30 bits per heavy atom. The predicted octanol–water partition coefficient (Wildman–Crippen LogP) is 6.85. The minimum Gasteiger partial charge on any atom is -0.478 e. The molecule has 0 spiro atoms. The molecule has 1 fully saturated rings. The molecular weight excluding hydrogens is 580 g/mol. The minimum absolute atomic E-state index is 0.167. The van der Waals surface area contributed by atoms with Crippen molar-refractivity contribution >= 4 is 11.8 Å². The van der Waals surface area contributed by atoms with Crippen molar-refractivity contribution in [3.05, 3.63) is 132 Å². The van der Waals surface area contributed by atoms with Gasteiger partial charge in [0.2, 0.25) is 11.5 Å². The molecule has 1 unspecified atom stereocenters. The van der Waals surface area contributed by atoms with E-state index in [1.807, 2.05) is 72.8 Å². The molecule has 0 aliphatic carbocycles. The van der Waals surface area contributed by atoms with Gasteiger partial charge in [0.1, 0.15) is 23.1 Å². The van der Waals surface area contributed by atoms with Crippen molar-refractivity contribution in [2.45, 2.75) is 25.5 Å². The number of nitrogens with zero attached hydrogens (tertiary/aromatic N) is 4. The van der Waals surface area contributed by atoms with Crippen LogP contribution >= 0.6 is 0 Å². The van der Waals surface area contributed by atoms with Crippen molar-refractivity contribution < 1.29 is 24.1 Å². The zero-order valence-electron chi connectivity index (χ0n) is 25.7. The summed E-state index contributed by atoms with van der Waals surface area (Å²) in [4.78, 5) is 26.1. The molecule has 46 heavy (non-hydrogen) atoms. The Morgan fingerprint density at radius 3 is 1.93 bits per heavy atom. The van der Waals surface area contributed by atoms with E-state index in [0.29, 0.717) is 23.1 Å². The van der Waals surface area contributed by atoms with Gasteiger partial charge >= 0.3 is 12.0 Å². The number of carboxylic acids is 1. The number of benzene rings is 4. The monoisotopic (exact) mass is 616 g/mol. The molecule has 6 rings (SSSR count). The smallest absolute Gasteiger partial charge is 0.348 e. The van der Waals surface area contributed by atoms with Gasteiger partial charge in [0.15, 0.2) is 0 Å². The van der Waals surface area contributed by atoms with E-state index in [-0.39, 0.29) is 12.4 Å².